The molecule has 0 saturated heterocycles. The molecule has 0 bridgehead atoms. The molecule has 0 unspecified atom stereocenters. The summed E-state index contributed by atoms with van der Waals surface area (Å²) in [5.41, 5.74) is 0.314. The quantitative estimate of drug-likeness (QED) is 0.638. The number of carbonyl (C=O) groups is 2. The number of amides is 2. The van der Waals surface area contributed by atoms with E-state index in [1.807, 2.05) is 18.2 Å². The molecule has 0 spiro atoms. The van der Waals surface area contributed by atoms with E-state index in [0.717, 1.165) is 0 Å². The summed E-state index contributed by atoms with van der Waals surface area (Å²) >= 11 is 0. The minimum Gasteiger partial charge on any atom is -0.459 e. The first kappa shape index (κ1) is 17.2. The van der Waals surface area contributed by atoms with Crippen molar-refractivity contribution >= 4 is 11.8 Å². The lowest BCUT2D eigenvalue weighted by Gasteiger charge is -2.10. The molecule has 2 heterocycles. The summed E-state index contributed by atoms with van der Waals surface area (Å²) in [4.78, 5) is 28.2. The summed E-state index contributed by atoms with van der Waals surface area (Å²) in [5, 5.41) is 5.37. The van der Waals surface area contributed by atoms with Crippen molar-refractivity contribution in [3.05, 3.63) is 78.4 Å². The van der Waals surface area contributed by atoms with Gasteiger partial charge in [-0.2, -0.15) is 0 Å². The second-order valence-corrected chi connectivity index (χ2v) is 5.26. The fraction of sp³-hybridized carbons (Fsp3) is 0.105. The van der Waals surface area contributed by atoms with E-state index in [1.54, 1.807) is 42.6 Å². The van der Waals surface area contributed by atoms with Crippen molar-refractivity contribution in [1.29, 1.82) is 0 Å². The normalized spacial score (nSPS) is 10.2. The molecule has 2 N–H and O–H groups in total. The first-order chi connectivity index (χ1) is 12.7. The highest BCUT2D eigenvalue weighted by molar-refractivity contribution is 5.96. The van der Waals surface area contributed by atoms with E-state index in [4.69, 9.17) is 9.15 Å². The van der Waals surface area contributed by atoms with E-state index in [0.29, 0.717) is 11.3 Å². The third kappa shape index (κ3) is 4.47. The number of hydrogen-bond acceptors (Lipinski definition) is 5. The third-order valence-corrected chi connectivity index (χ3v) is 3.41. The second kappa shape index (κ2) is 8.48. The zero-order valence-corrected chi connectivity index (χ0v) is 13.8. The van der Waals surface area contributed by atoms with Gasteiger partial charge in [0.2, 0.25) is 5.88 Å². The lowest BCUT2D eigenvalue weighted by molar-refractivity contribution is 0.0909. The molecule has 0 aliphatic rings. The van der Waals surface area contributed by atoms with Crippen LogP contribution in [-0.2, 0) is 0 Å². The van der Waals surface area contributed by atoms with E-state index >= 15 is 0 Å². The number of ether oxygens (including phenoxy) is 1. The molecular weight excluding hydrogens is 334 g/mol. The molecule has 0 atom stereocenters. The number of nitrogens with one attached hydrogen (secondary N) is 2. The van der Waals surface area contributed by atoms with Gasteiger partial charge < -0.3 is 19.8 Å². The van der Waals surface area contributed by atoms with Gasteiger partial charge in [-0.3, -0.25) is 9.59 Å². The van der Waals surface area contributed by atoms with Crippen LogP contribution in [0.1, 0.15) is 20.9 Å². The summed E-state index contributed by atoms with van der Waals surface area (Å²) in [7, 11) is 0. The minimum atomic E-state index is -0.337. The Morgan fingerprint density at radius 3 is 2.42 bits per heavy atom. The Morgan fingerprint density at radius 1 is 0.923 bits per heavy atom. The Kier molecular flexibility index (Phi) is 5.61. The number of hydrogen-bond donors (Lipinski definition) is 2. The Morgan fingerprint density at radius 2 is 1.69 bits per heavy atom. The van der Waals surface area contributed by atoms with Crippen LogP contribution in [0.25, 0.3) is 0 Å². The molecule has 0 aliphatic heterocycles. The van der Waals surface area contributed by atoms with Crippen molar-refractivity contribution < 1.29 is 18.7 Å². The number of pyridine rings is 1. The van der Waals surface area contributed by atoms with Gasteiger partial charge in [0.15, 0.2) is 5.76 Å². The largest absolute Gasteiger partial charge is 0.459 e. The summed E-state index contributed by atoms with van der Waals surface area (Å²) in [5.74, 6) is 0.360. The van der Waals surface area contributed by atoms with Crippen LogP contribution in [0.4, 0.5) is 0 Å². The predicted octanol–water partition coefficient (Wildman–Crippen LogP) is 2.63. The van der Waals surface area contributed by atoms with Crippen LogP contribution in [0.15, 0.2) is 71.5 Å². The highest BCUT2D eigenvalue weighted by atomic mass is 16.5. The monoisotopic (exact) mass is 351 g/mol. The molecular formula is C19H17N3O4. The average Bonchev–Trinajstić information content (AvgIpc) is 3.21. The Balaban J connectivity index is 1.54. The first-order valence-electron chi connectivity index (χ1n) is 8.02. The molecule has 0 fully saturated rings. The highest BCUT2D eigenvalue weighted by Crippen LogP contribution is 2.22. The fourth-order valence-electron chi connectivity index (χ4n) is 2.19. The zero-order valence-electron chi connectivity index (χ0n) is 13.8. The van der Waals surface area contributed by atoms with E-state index in [1.165, 1.54) is 6.26 Å². The maximum atomic E-state index is 12.4. The van der Waals surface area contributed by atoms with Crippen molar-refractivity contribution in [1.82, 2.24) is 15.6 Å². The van der Waals surface area contributed by atoms with Crippen LogP contribution in [0.3, 0.4) is 0 Å². The summed E-state index contributed by atoms with van der Waals surface area (Å²) < 4.78 is 10.7. The number of furan rings is 1. The van der Waals surface area contributed by atoms with Crippen molar-refractivity contribution in [2.75, 3.05) is 13.1 Å². The van der Waals surface area contributed by atoms with Crippen LogP contribution in [0.2, 0.25) is 0 Å². The van der Waals surface area contributed by atoms with E-state index < -0.39 is 0 Å². The summed E-state index contributed by atoms with van der Waals surface area (Å²) in [6, 6.07) is 15.6. The molecule has 0 saturated carbocycles. The van der Waals surface area contributed by atoms with Gasteiger partial charge in [-0.15, -0.1) is 0 Å². The van der Waals surface area contributed by atoms with Crippen LogP contribution in [0.5, 0.6) is 11.6 Å². The molecule has 2 amide bonds. The van der Waals surface area contributed by atoms with Gasteiger partial charge in [-0.05, 0) is 36.4 Å². The first-order valence-corrected chi connectivity index (χ1v) is 8.02. The molecule has 132 valence electrons. The molecule has 2 aromatic heterocycles. The number of nitrogens with zero attached hydrogens (tertiary/aromatic N) is 1. The van der Waals surface area contributed by atoms with Gasteiger partial charge in [0.25, 0.3) is 11.8 Å². The van der Waals surface area contributed by atoms with E-state index in [9.17, 15) is 9.59 Å². The Bertz CT molecular complexity index is 864. The van der Waals surface area contributed by atoms with Crippen LogP contribution in [0, 0.1) is 0 Å². The van der Waals surface area contributed by atoms with Crippen molar-refractivity contribution in [2.45, 2.75) is 0 Å². The summed E-state index contributed by atoms with van der Waals surface area (Å²) in [6.07, 6.45) is 2.98. The standard InChI is InChI=1S/C19H17N3O4/c23-17(20-11-12-21-18(24)16-9-5-13-25-16)15-8-4-10-22-19(15)26-14-6-2-1-3-7-14/h1-10,13H,11-12H2,(H,20,23)(H,21,24). The van der Waals surface area contributed by atoms with Gasteiger partial charge in [0, 0.05) is 19.3 Å². The molecule has 0 radical (unpaired) electrons. The van der Waals surface area contributed by atoms with Crippen LogP contribution in [-0.4, -0.2) is 29.9 Å². The zero-order chi connectivity index (χ0) is 18.2. The van der Waals surface area contributed by atoms with Gasteiger partial charge in [0.1, 0.15) is 11.3 Å². The second-order valence-electron chi connectivity index (χ2n) is 5.26. The van der Waals surface area contributed by atoms with Gasteiger partial charge in [-0.25, -0.2) is 4.98 Å². The molecule has 26 heavy (non-hydrogen) atoms. The SMILES string of the molecule is O=C(NCCNC(=O)c1cccnc1Oc1ccccc1)c1ccco1. The van der Waals surface area contributed by atoms with Crippen molar-refractivity contribution in [2.24, 2.45) is 0 Å². The minimum absolute atomic E-state index is 0.218. The lowest BCUT2D eigenvalue weighted by atomic mass is 10.2. The average molecular weight is 351 g/mol. The number of benzene rings is 1. The van der Waals surface area contributed by atoms with Gasteiger partial charge in [0.05, 0.1) is 6.26 Å². The van der Waals surface area contributed by atoms with Gasteiger partial charge >= 0.3 is 0 Å². The molecule has 3 rings (SSSR count). The number of aromatic nitrogens is 1. The Labute approximate surface area is 150 Å². The molecule has 0 aliphatic carbocycles. The number of carbonyl (C=O) groups excluding carboxylic acids is 2. The fourth-order valence-corrected chi connectivity index (χ4v) is 2.19. The van der Waals surface area contributed by atoms with E-state index in [-0.39, 0.29) is 36.5 Å². The van der Waals surface area contributed by atoms with Crippen molar-refractivity contribution in [3.63, 3.8) is 0 Å². The van der Waals surface area contributed by atoms with Crippen molar-refractivity contribution in [3.8, 4) is 11.6 Å². The lowest BCUT2D eigenvalue weighted by Crippen LogP contribution is -2.34. The Hall–Kier alpha value is -3.61. The maximum Gasteiger partial charge on any atom is 0.287 e. The number of rotatable bonds is 7. The number of para-hydroxylation sites is 1. The third-order valence-electron chi connectivity index (χ3n) is 3.41. The molecule has 7 nitrogen and oxygen atoms in total. The maximum absolute atomic E-state index is 12.4. The van der Waals surface area contributed by atoms with E-state index in [2.05, 4.69) is 15.6 Å². The van der Waals surface area contributed by atoms with Gasteiger partial charge in [-0.1, -0.05) is 18.2 Å². The smallest absolute Gasteiger partial charge is 0.287 e. The summed E-state index contributed by atoms with van der Waals surface area (Å²) in [6.45, 7) is 0.519. The van der Waals surface area contributed by atoms with Crippen LogP contribution < -0.4 is 15.4 Å². The highest BCUT2D eigenvalue weighted by Gasteiger charge is 2.14. The molecule has 1 aromatic carbocycles. The predicted molar refractivity (Wildman–Crippen MR) is 94.1 cm³/mol. The molecule has 3 aromatic rings. The molecule has 7 heteroatoms. The topological polar surface area (TPSA) is 93.5 Å². The van der Waals surface area contributed by atoms with Crippen LogP contribution >= 0.6 is 0 Å².